The zero-order chi connectivity index (χ0) is 19.2. The zero-order valence-electron chi connectivity index (χ0n) is 15.8. The lowest BCUT2D eigenvalue weighted by Crippen LogP contribution is -2.18. The first-order valence-electron chi connectivity index (χ1n) is 9.23. The van der Waals surface area contributed by atoms with Gasteiger partial charge < -0.3 is 14.8 Å². The van der Waals surface area contributed by atoms with Crippen LogP contribution in [0.15, 0.2) is 40.9 Å². The molecule has 144 valence electrons. The molecule has 0 radical (unpaired) electrons. The summed E-state index contributed by atoms with van der Waals surface area (Å²) in [5.41, 5.74) is 2.54. The van der Waals surface area contributed by atoms with Gasteiger partial charge in [-0.3, -0.25) is 9.69 Å². The molecule has 1 fully saturated rings. The van der Waals surface area contributed by atoms with Gasteiger partial charge in [0.1, 0.15) is 0 Å². The number of nitrogens with zero attached hydrogens (tertiary/aromatic N) is 1. The number of ether oxygens (including phenoxy) is 2. The number of amides is 1. The van der Waals surface area contributed by atoms with Gasteiger partial charge in [-0.25, -0.2) is 0 Å². The Hall–Kier alpha value is -2.05. The second-order valence-corrected chi connectivity index (χ2v) is 7.41. The summed E-state index contributed by atoms with van der Waals surface area (Å²) in [6, 6.07) is 11.5. The number of anilines is 1. The molecule has 1 saturated heterocycles. The maximum absolute atomic E-state index is 12.6. The largest absolute Gasteiger partial charge is 0.493 e. The maximum atomic E-state index is 12.6. The molecule has 1 heterocycles. The van der Waals surface area contributed by atoms with E-state index in [1.54, 1.807) is 19.2 Å². The van der Waals surface area contributed by atoms with E-state index in [4.69, 9.17) is 9.47 Å². The van der Waals surface area contributed by atoms with Gasteiger partial charge in [0.05, 0.1) is 18.2 Å². The first-order valence-corrected chi connectivity index (χ1v) is 10.0. The Balaban J connectivity index is 1.68. The third-order valence-electron chi connectivity index (χ3n) is 4.60. The van der Waals surface area contributed by atoms with E-state index in [0.717, 1.165) is 12.2 Å². The van der Waals surface area contributed by atoms with Crippen LogP contribution in [-0.4, -0.2) is 37.6 Å². The molecule has 5 nitrogen and oxygen atoms in total. The molecule has 2 aromatic rings. The fourth-order valence-corrected chi connectivity index (χ4v) is 3.79. The van der Waals surface area contributed by atoms with Crippen LogP contribution in [0.1, 0.15) is 35.7 Å². The van der Waals surface area contributed by atoms with Crippen molar-refractivity contribution in [3.05, 3.63) is 52.0 Å². The van der Waals surface area contributed by atoms with Gasteiger partial charge in [0.2, 0.25) is 0 Å². The Bertz CT molecular complexity index is 787. The Labute approximate surface area is 168 Å². The quantitative estimate of drug-likeness (QED) is 0.688. The predicted octanol–water partition coefficient (Wildman–Crippen LogP) is 4.70. The second kappa shape index (κ2) is 9.24. The topological polar surface area (TPSA) is 50.8 Å². The summed E-state index contributed by atoms with van der Waals surface area (Å²) in [7, 11) is 1.56. The minimum Gasteiger partial charge on any atom is -0.493 e. The predicted molar refractivity (Wildman–Crippen MR) is 111 cm³/mol. The fourth-order valence-electron chi connectivity index (χ4n) is 3.23. The Morgan fingerprint density at radius 3 is 2.52 bits per heavy atom. The lowest BCUT2D eigenvalue weighted by Gasteiger charge is -2.15. The summed E-state index contributed by atoms with van der Waals surface area (Å²) in [6.07, 6.45) is 2.57. The van der Waals surface area contributed by atoms with Crippen LogP contribution in [0.4, 0.5) is 5.69 Å². The first-order chi connectivity index (χ1) is 13.1. The molecular formula is C21H25BrN2O3. The molecule has 1 amide bonds. The summed E-state index contributed by atoms with van der Waals surface area (Å²) in [4.78, 5) is 15.1. The number of methoxy groups -OCH3 is 1. The van der Waals surface area contributed by atoms with E-state index in [2.05, 4.69) is 38.3 Å². The number of carbonyl (C=O) groups is 1. The van der Waals surface area contributed by atoms with E-state index in [0.29, 0.717) is 28.1 Å². The number of hydrogen-bond donors (Lipinski definition) is 1. The van der Waals surface area contributed by atoms with Crippen molar-refractivity contribution in [3.63, 3.8) is 0 Å². The molecule has 3 rings (SSSR count). The second-order valence-electron chi connectivity index (χ2n) is 6.56. The SMILES string of the molecule is CCOc1c(Br)cc(C(=O)Nc2ccc(CN3CCCC3)cc2)cc1OC. The molecule has 2 aromatic carbocycles. The van der Waals surface area contributed by atoms with E-state index in [9.17, 15) is 4.79 Å². The lowest BCUT2D eigenvalue weighted by molar-refractivity contribution is 0.102. The van der Waals surface area contributed by atoms with Gasteiger partial charge in [-0.2, -0.15) is 0 Å². The van der Waals surface area contributed by atoms with Crippen molar-refractivity contribution in [2.75, 3.05) is 32.1 Å². The Morgan fingerprint density at radius 1 is 1.19 bits per heavy atom. The van der Waals surface area contributed by atoms with Gasteiger partial charge in [-0.15, -0.1) is 0 Å². The summed E-state index contributed by atoms with van der Waals surface area (Å²) in [6.45, 7) is 5.74. The number of benzene rings is 2. The molecule has 0 spiro atoms. The van der Waals surface area contributed by atoms with Crippen LogP contribution in [0.2, 0.25) is 0 Å². The normalized spacial score (nSPS) is 14.2. The van der Waals surface area contributed by atoms with Crippen LogP contribution in [0.3, 0.4) is 0 Å². The van der Waals surface area contributed by atoms with Crippen molar-refractivity contribution in [1.82, 2.24) is 4.90 Å². The summed E-state index contributed by atoms with van der Waals surface area (Å²) in [5, 5.41) is 2.94. The molecule has 0 unspecified atom stereocenters. The highest BCUT2D eigenvalue weighted by atomic mass is 79.9. The van der Waals surface area contributed by atoms with Gasteiger partial charge in [0.15, 0.2) is 11.5 Å². The average Bonchev–Trinajstić information content (AvgIpc) is 3.18. The number of likely N-dealkylation sites (tertiary alicyclic amines) is 1. The van der Waals surface area contributed by atoms with Crippen molar-refractivity contribution in [2.45, 2.75) is 26.3 Å². The van der Waals surface area contributed by atoms with Crippen LogP contribution < -0.4 is 14.8 Å². The van der Waals surface area contributed by atoms with Crippen molar-refractivity contribution in [2.24, 2.45) is 0 Å². The zero-order valence-corrected chi connectivity index (χ0v) is 17.3. The fraction of sp³-hybridized carbons (Fsp3) is 0.381. The number of nitrogens with one attached hydrogen (secondary N) is 1. The first kappa shape index (κ1) is 19.7. The number of hydrogen-bond acceptors (Lipinski definition) is 4. The van der Waals surface area contributed by atoms with E-state index in [-0.39, 0.29) is 5.91 Å². The van der Waals surface area contributed by atoms with Crippen molar-refractivity contribution in [1.29, 1.82) is 0 Å². The van der Waals surface area contributed by atoms with E-state index >= 15 is 0 Å². The monoisotopic (exact) mass is 432 g/mol. The molecule has 0 aliphatic carbocycles. The summed E-state index contributed by atoms with van der Waals surface area (Å²) >= 11 is 3.45. The molecule has 1 N–H and O–H groups in total. The number of rotatable bonds is 7. The minimum atomic E-state index is -0.190. The molecule has 1 aliphatic heterocycles. The Kier molecular flexibility index (Phi) is 6.74. The molecule has 1 aliphatic rings. The molecular weight excluding hydrogens is 408 g/mol. The Morgan fingerprint density at radius 2 is 1.89 bits per heavy atom. The van der Waals surface area contributed by atoms with Crippen molar-refractivity contribution < 1.29 is 14.3 Å². The van der Waals surface area contributed by atoms with Gasteiger partial charge in [-0.1, -0.05) is 12.1 Å². The standard InChI is InChI=1S/C21H25BrN2O3/c1-3-27-20-18(22)12-16(13-19(20)26-2)21(25)23-17-8-6-15(7-9-17)14-24-10-4-5-11-24/h6-9,12-13H,3-5,10-11,14H2,1-2H3,(H,23,25). The molecule has 0 aromatic heterocycles. The molecule has 0 bridgehead atoms. The van der Waals surface area contributed by atoms with Crippen LogP contribution >= 0.6 is 15.9 Å². The summed E-state index contributed by atoms with van der Waals surface area (Å²) < 4.78 is 11.6. The highest BCUT2D eigenvalue weighted by Crippen LogP contribution is 2.36. The molecule has 0 saturated carbocycles. The third kappa shape index (κ3) is 5.02. The van der Waals surface area contributed by atoms with Gasteiger partial charge >= 0.3 is 0 Å². The average molecular weight is 433 g/mol. The lowest BCUT2D eigenvalue weighted by atomic mass is 10.1. The smallest absolute Gasteiger partial charge is 0.255 e. The van der Waals surface area contributed by atoms with E-state index in [1.807, 2.05) is 19.1 Å². The molecule has 27 heavy (non-hydrogen) atoms. The number of carbonyl (C=O) groups excluding carboxylic acids is 1. The van der Waals surface area contributed by atoms with Crippen LogP contribution in [0.25, 0.3) is 0 Å². The van der Waals surface area contributed by atoms with Crippen LogP contribution in [0, 0.1) is 0 Å². The van der Waals surface area contributed by atoms with E-state index < -0.39 is 0 Å². The van der Waals surface area contributed by atoms with E-state index in [1.165, 1.54) is 31.5 Å². The minimum absolute atomic E-state index is 0.190. The van der Waals surface area contributed by atoms with Gasteiger partial charge in [0, 0.05) is 17.8 Å². The van der Waals surface area contributed by atoms with Crippen LogP contribution in [0.5, 0.6) is 11.5 Å². The van der Waals surface area contributed by atoms with Crippen molar-refractivity contribution >= 4 is 27.5 Å². The highest BCUT2D eigenvalue weighted by molar-refractivity contribution is 9.10. The summed E-state index contributed by atoms with van der Waals surface area (Å²) in [5.74, 6) is 0.935. The van der Waals surface area contributed by atoms with Crippen LogP contribution in [-0.2, 0) is 6.54 Å². The molecule has 0 atom stereocenters. The van der Waals surface area contributed by atoms with Gasteiger partial charge in [0.25, 0.3) is 5.91 Å². The molecule has 6 heteroatoms. The third-order valence-corrected chi connectivity index (χ3v) is 5.19. The van der Waals surface area contributed by atoms with Crippen molar-refractivity contribution in [3.8, 4) is 11.5 Å². The van der Waals surface area contributed by atoms with Gasteiger partial charge in [-0.05, 0) is 78.6 Å². The highest BCUT2D eigenvalue weighted by Gasteiger charge is 2.16. The maximum Gasteiger partial charge on any atom is 0.255 e. The number of halogens is 1.